The molecule has 0 aliphatic carbocycles. The Labute approximate surface area is 136 Å². The van der Waals surface area contributed by atoms with Crippen molar-refractivity contribution in [2.45, 2.75) is 31.3 Å². The third kappa shape index (κ3) is 4.58. The maximum atomic E-state index is 12.1. The largest absolute Gasteiger partial charge is 0.325 e. The van der Waals surface area contributed by atoms with E-state index < -0.39 is 0 Å². The molecular formula is C15H21Cl2N3O. The highest BCUT2D eigenvalue weighted by molar-refractivity contribution is 6.30. The molecule has 3 rings (SSSR count). The Morgan fingerprint density at radius 2 is 1.95 bits per heavy atom. The molecule has 0 aromatic heterocycles. The second-order valence-corrected chi connectivity index (χ2v) is 6.15. The second kappa shape index (κ2) is 7.45. The van der Waals surface area contributed by atoms with Gasteiger partial charge >= 0.3 is 0 Å². The topological polar surface area (TPSA) is 44.4 Å². The highest BCUT2D eigenvalue weighted by atomic mass is 35.5. The van der Waals surface area contributed by atoms with E-state index in [1.165, 1.54) is 12.8 Å². The molecule has 116 valence electrons. The first-order chi connectivity index (χ1) is 9.69. The van der Waals surface area contributed by atoms with Gasteiger partial charge in [-0.3, -0.25) is 9.69 Å². The van der Waals surface area contributed by atoms with Crippen LogP contribution in [-0.2, 0) is 4.79 Å². The summed E-state index contributed by atoms with van der Waals surface area (Å²) in [5.74, 6) is 0.0464. The molecule has 1 aromatic rings. The summed E-state index contributed by atoms with van der Waals surface area (Å²) in [7, 11) is 0. The zero-order valence-electron chi connectivity index (χ0n) is 11.8. The standard InChI is InChI=1S/C15H20ClN3O.ClH/c16-11-1-3-12(4-2-11)18-15(20)10-19-8-7-13-5-6-14(9-19)17-13;/h1-4,13-14,17H,5-10H2,(H,18,20);1H. The highest BCUT2D eigenvalue weighted by Gasteiger charge is 2.29. The number of rotatable bonds is 3. The first-order valence-electron chi connectivity index (χ1n) is 7.23. The number of carbonyl (C=O) groups excluding carboxylic acids is 1. The summed E-state index contributed by atoms with van der Waals surface area (Å²) < 4.78 is 0. The van der Waals surface area contributed by atoms with E-state index in [-0.39, 0.29) is 18.3 Å². The van der Waals surface area contributed by atoms with Gasteiger partial charge in [-0.15, -0.1) is 12.4 Å². The van der Waals surface area contributed by atoms with Crippen molar-refractivity contribution < 1.29 is 4.79 Å². The third-order valence-corrected chi connectivity index (χ3v) is 4.35. The van der Waals surface area contributed by atoms with Gasteiger partial charge in [0, 0.05) is 35.9 Å². The first kappa shape index (κ1) is 16.6. The van der Waals surface area contributed by atoms with Gasteiger partial charge in [-0.25, -0.2) is 0 Å². The molecule has 4 nitrogen and oxygen atoms in total. The maximum Gasteiger partial charge on any atom is 0.238 e. The van der Waals surface area contributed by atoms with Crippen molar-refractivity contribution in [2.24, 2.45) is 0 Å². The van der Waals surface area contributed by atoms with Crippen molar-refractivity contribution in [1.29, 1.82) is 0 Å². The van der Waals surface area contributed by atoms with Crippen LogP contribution in [0.15, 0.2) is 24.3 Å². The number of nitrogens with one attached hydrogen (secondary N) is 2. The monoisotopic (exact) mass is 329 g/mol. The zero-order valence-corrected chi connectivity index (χ0v) is 13.4. The van der Waals surface area contributed by atoms with Crippen molar-refractivity contribution in [3.05, 3.63) is 29.3 Å². The van der Waals surface area contributed by atoms with Gasteiger partial charge < -0.3 is 10.6 Å². The number of anilines is 1. The van der Waals surface area contributed by atoms with Gasteiger partial charge in [-0.2, -0.15) is 0 Å². The Morgan fingerprint density at radius 3 is 2.71 bits per heavy atom. The van der Waals surface area contributed by atoms with Gasteiger partial charge in [0.15, 0.2) is 0 Å². The predicted octanol–water partition coefficient (Wildman–Crippen LogP) is 2.53. The second-order valence-electron chi connectivity index (χ2n) is 5.72. The van der Waals surface area contributed by atoms with Crippen LogP contribution in [0.3, 0.4) is 0 Å². The summed E-state index contributed by atoms with van der Waals surface area (Å²) in [5, 5.41) is 7.22. The number of carbonyl (C=O) groups is 1. The molecule has 2 unspecified atom stereocenters. The summed E-state index contributed by atoms with van der Waals surface area (Å²) in [6.07, 6.45) is 3.67. The molecule has 2 atom stereocenters. The molecule has 21 heavy (non-hydrogen) atoms. The van der Waals surface area contributed by atoms with E-state index in [0.717, 1.165) is 25.2 Å². The molecule has 2 heterocycles. The average molecular weight is 330 g/mol. The fraction of sp³-hybridized carbons (Fsp3) is 0.533. The van der Waals surface area contributed by atoms with Crippen LogP contribution in [0.2, 0.25) is 5.02 Å². The Morgan fingerprint density at radius 1 is 1.24 bits per heavy atom. The van der Waals surface area contributed by atoms with Crippen molar-refractivity contribution in [2.75, 3.05) is 25.0 Å². The van der Waals surface area contributed by atoms with E-state index in [0.29, 0.717) is 23.7 Å². The molecule has 0 radical (unpaired) electrons. The number of amides is 1. The molecule has 2 bridgehead atoms. The lowest BCUT2D eigenvalue weighted by molar-refractivity contribution is -0.117. The van der Waals surface area contributed by atoms with Gasteiger partial charge in [0.2, 0.25) is 5.91 Å². The van der Waals surface area contributed by atoms with E-state index in [2.05, 4.69) is 15.5 Å². The molecule has 0 saturated carbocycles. The van der Waals surface area contributed by atoms with Crippen LogP contribution in [0.4, 0.5) is 5.69 Å². The van der Waals surface area contributed by atoms with Crippen LogP contribution < -0.4 is 10.6 Å². The van der Waals surface area contributed by atoms with E-state index >= 15 is 0 Å². The number of fused-ring (bicyclic) bond motifs is 2. The number of hydrogen-bond donors (Lipinski definition) is 2. The molecule has 0 spiro atoms. The Hall–Kier alpha value is -0.810. The van der Waals surface area contributed by atoms with Crippen LogP contribution in [0.5, 0.6) is 0 Å². The molecule has 2 aliphatic heterocycles. The molecule has 2 aliphatic rings. The predicted molar refractivity (Wildman–Crippen MR) is 88.3 cm³/mol. The molecule has 6 heteroatoms. The van der Waals surface area contributed by atoms with Crippen LogP contribution in [0, 0.1) is 0 Å². The van der Waals surface area contributed by atoms with Crippen molar-refractivity contribution in [3.8, 4) is 0 Å². The Kier molecular flexibility index (Phi) is 5.88. The molecule has 2 fully saturated rings. The number of nitrogens with zero attached hydrogens (tertiary/aromatic N) is 1. The fourth-order valence-electron chi connectivity index (χ4n) is 3.10. The van der Waals surface area contributed by atoms with Gasteiger partial charge in [0.05, 0.1) is 6.54 Å². The lowest BCUT2D eigenvalue weighted by atomic mass is 10.1. The summed E-state index contributed by atoms with van der Waals surface area (Å²) >= 11 is 5.83. The van der Waals surface area contributed by atoms with Crippen LogP contribution in [0.25, 0.3) is 0 Å². The Bertz CT molecular complexity index is 480. The van der Waals surface area contributed by atoms with Crippen LogP contribution in [-0.4, -0.2) is 42.5 Å². The van der Waals surface area contributed by atoms with Crippen molar-refractivity contribution in [1.82, 2.24) is 10.2 Å². The fourth-order valence-corrected chi connectivity index (χ4v) is 3.22. The lowest BCUT2D eigenvalue weighted by Gasteiger charge is -2.23. The third-order valence-electron chi connectivity index (χ3n) is 4.10. The maximum absolute atomic E-state index is 12.1. The Balaban J connectivity index is 0.00000161. The van der Waals surface area contributed by atoms with Gasteiger partial charge in [-0.05, 0) is 43.5 Å². The number of hydrogen-bond acceptors (Lipinski definition) is 3. The van der Waals surface area contributed by atoms with E-state index in [1.807, 2.05) is 12.1 Å². The lowest BCUT2D eigenvalue weighted by Crippen LogP contribution is -2.39. The normalized spacial score (nSPS) is 25.0. The first-order valence-corrected chi connectivity index (χ1v) is 7.61. The minimum Gasteiger partial charge on any atom is -0.325 e. The van der Waals surface area contributed by atoms with E-state index in [4.69, 9.17) is 11.6 Å². The summed E-state index contributed by atoms with van der Waals surface area (Å²) in [6, 6.07) is 8.44. The smallest absolute Gasteiger partial charge is 0.238 e. The summed E-state index contributed by atoms with van der Waals surface area (Å²) in [5.41, 5.74) is 0.800. The van der Waals surface area contributed by atoms with E-state index in [1.54, 1.807) is 12.1 Å². The van der Waals surface area contributed by atoms with E-state index in [9.17, 15) is 4.79 Å². The zero-order chi connectivity index (χ0) is 13.9. The van der Waals surface area contributed by atoms with Crippen molar-refractivity contribution in [3.63, 3.8) is 0 Å². The quantitative estimate of drug-likeness (QED) is 0.895. The molecule has 2 N–H and O–H groups in total. The molecule has 2 saturated heterocycles. The highest BCUT2D eigenvalue weighted by Crippen LogP contribution is 2.20. The van der Waals surface area contributed by atoms with Crippen molar-refractivity contribution >= 4 is 35.6 Å². The number of halogens is 2. The van der Waals surface area contributed by atoms with Gasteiger partial charge in [-0.1, -0.05) is 11.6 Å². The van der Waals surface area contributed by atoms with Crippen LogP contribution in [0.1, 0.15) is 19.3 Å². The number of benzene rings is 1. The average Bonchev–Trinajstić information content (AvgIpc) is 2.76. The minimum absolute atomic E-state index is 0. The number of likely N-dealkylation sites (tertiary alicyclic amines) is 1. The van der Waals surface area contributed by atoms with Gasteiger partial charge in [0.25, 0.3) is 0 Å². The molecule has 1 aromatic carbocycles. The molecule has 1 amide bonds. The summed E-state index contributed by atoms with van der Waals surface area (Å²) in [6.45, 7) is 2.44. The molecular weight excluding hydrogens is 309 g/mol. The minimum atomic E-state index is 0. The van der Waals surface area contributed by atoms with Gasteiger partial charge in [0.1, 0.15) is 0 Å². The van der Waals surface area contributed by atoms with Crippen LogP contribution >= 0.6 is 24.0 Å². The summed E-state index contributed by atoms with van der Waals surface area (Å²) in [4.78, 5) is 14.3. The SMILES string of the molecule is Cl.O=C(CN1CCC2CCC(C1)N2)Nc1ccc(Cl)cc1.